The van der Waals surface area contributed by atoms with Gasteiger partial charge in [-0.15, -0.1) is 11.3 Å². The van der Waals surface area contributed by atoms with Gasteiger partial charge in [0.15, 0.2) is 5.16 Å². The largest absolute Gasteiger partial charge is 0.365 e. The summed E-state index contributed by atoms with van der Waals surface area (Å²) in [7, 11) is 0. The smallest absolute Gasteiger partial charge is 0.251 e. The van der Waals surface area contributed by atoms with E-state index < -0.39 is 5.91 Å². The molecule has 9 heteroatoms. The maximum atomic E-state index is 12.5. The first-order valence-electron chi connectivity index (χ1n) is 9.11. The first kappa shape index (κ1) is 20.0. The first-order chi connectivity index (χ1) is 14.0. The van der Waals surface area contributed by atoms with Gasteiger partial charge >= 0.3 is 0 Å². The van der Waals surface area contributed by atoms with Gasteiger partial charge in [-0.25, -0.2) is 4.98 Å². The lowest BCUT2D eigenvalue weighted by atomic mass is 10.1. The second kappa shape index (κ2) is 8.22. The van der Waals surface area contributed by atoms with Gasteiger partial charge in [-0.1, -0.05) is 29.4 Å². The Kier molecular flexibility index (Phi) is 5.67. The van der Waals surface area contributed by atoms with Gasteiger partial charge in [0, 0.05) is 22.3 Å². The van der Waals surface area contributed by atoms with Crippen LogP contribution in [0.15, 0.2) is 35.7 Å². The van der Waals surface area contributed by atoms with Gasteiger partial charge in [0.1, 0.15) is 5.00 Å². The number of hydrogen-bond acceptors (Lipinski definition) is 5. The highest BCUT2D eigenvalue weighted by atomic mass is 35.5. The van der Waals surface area contributed by atoms with E-state index >= 15 is 0 Å². The molecule has 0 saturated carbocycles. The third-order valence-electron chi connectivity index (χ3n) is 4.86. The highest BCUT2D eigenvalue weighted by Gasteiger charge is 2.26. The molecule has 29 heavy (non-hydrogen) atoms. The molecular formula is C20H19ClN4O2S2. The summed E-state index contributed by atoms with van der Waals surface area (Å²) in [5, 5.41) is 4.79. The molecular weight excluding hydrogens is 428 g/mol. The van der Waals surface area contributed by atoms with Crippen molar-refractivity contribution in [3.8, 4) is 5.69 Å². The Morgan fingerprint density at radius 3 is 3.00 bits per heavy atom. The summed E-state index contributed by atoms with van der Waals surface area (Å²) in [6, 6.07) is 5.68. The van der Waals surface area contributed by atoms with Crippen LogP contribution in [0.1, 0.15) is 32.8 Å². The molecule has 6 nitrogen and oxygen atoms in total. The van der Waals surface area contributed by atoms with E-state index in [-0.39, 0.29) is 11.7 Å². The van der Waals surface area contributed by atoms with Gasteiger partial charge in [-0.2, -0.15) is 0 Å². The maximum absolute atomic E-state index is 12.5. The highest BCUT2D eigenvalue weighted by molar-refractivity contribution is 7.99. The van der Waals surface area contributed by atoms with Crippen LogP contribution >= 0.6 is 34.7 Å². The number of anilines is 1. The van der Waals surface area contributed by atoms with Crippen molar-refractivity contribution in [3.63, 3.8) is 0 Å². The number of halogens is 1. The van der Waals surface area contributed by atoms with Crippen molar-refractivity contribution in [2.75, 3.05) is 11.1 Å². The number of fused-ring (bicyclic) bond motifs is 1. The van der Waals surface area contributed by atoms with Crippen LogP contribution in [0.3, 0.4) is 0 Å². The number of aryl methyl sites for hydroxylation is 1. The Morgan fingerprint density at radius 2 is 2.21 bits per heavy atom. The molecule has 1 aliphatic rings. The molecule has 0 spiro atoms. The molecule has 2 amide bonds. The van der Waals surface area contributed by atoms with Crippen molar-refractivity contribution in [3.05, 3.63) is 57.2 Å². The minimum Gasteiger partial charge on any atom is -0.365 e. The van der Waals surface area contributed by atoms with E-state index in [2.05, 4.69) is 10.3 Å². The molecule has 3 aromatic rings. The zero-order valence-electron chi connectivity index (χ0n) is 15.7. The Morgan fingerprint density at radius 1 is 1.38 bits per heavy atom. The Hall–Kier alpha value is -2.29. The fourth-order valence-corrected chi connectivity index (χ4v) is 5.73. The van der Waals surface area contributed by atoms with E-state index in [9.17, 15) is 9.59 Å². The zero-order valence-corrected chi connectivity index (χ0v) is 18.1. The monoisotopic (exact) mass is 446 g/mol. The highest BCUT2D eigenvalue weighted by Crippen LogP contribution is 2.39. The Bertz CT molecular complexity index is 1110. The standard InChI is InChI=1S/C20H19ClN4O2S2/c1-11-13(21)5-3-6-14(11)25-9-8-23-20(25)28-10-16(26)24-19-17(18(22)27)12-4-2-7-15(12)29-19/h3,5-6,8-9H,2,4,7,10H2,1H3,(H2,22,27)(H,24,26). The number of carbonyl (C=O) groups excluding carboxylic acids is 2. The average Bonchev–Trinajstić information content (AvgIpc) is 3.37. The molecule has 1 aliphatic carbocycles. The van der Waals surface area contributed by atoms with Crippen molar-refractivity contribution in [1.29, 1.82) is 0 Å². The molecule has 150 valence electrons. The summed E-state index contributed by atoms with van der Waals surface area (Å²) in [5.41, 5.74) is 8.89. The van der Waals surface area contributed by atoms with E-state index in [1.807, 2.05) is 35.9 Å². The van der Waals surface area contributed by atoms with Crippen LogP contribution in [0.5, 0.6) is 0 Å². The van der Waals surface area contributed by atoms with Crippen LogP contribution in [-0.4, -0.2) is 27.1 Å². The molecule has 1 aromatic carbocycles. The molecule has 4 rings (SSSR count). The lowest BCUT2D eigenvalue weighted by Crippen LogP contribution is -2.19. The number of nitrogens with one attached hydrogen (secondary N) is 1. The number of primary amides is 1. The SMILES string of the molecule is Cc1c(Cl)cccc1-n1ccnc1SCC(=O)Nc1sc2c(c1C(N)=O)CCC2. The summed E-state index contributed by atoms with van der Waals surface area (Å²) in [6.07, 6.45) is 6.33. The molecule has 0 radical (unpaired) electrons. The lowest BCUT2D eigenvalue weighted by Gasteiger charge is -2.11. The Labute approximate surface area is 181 Å². The summed E-state index contributed by atoms with van der Waals surface area (Å²) in [4.78, 5) is 29.9. The van der Waals surface area contributed by atoms with Crippen molar-refractivity contribution in [2.45, 2.75) is 31.3 Å². The summed E-state index contributed by atoms with van der Waals surface area (Å²) < 4.78 is 1.91. The van der Waals surface area contributed by atoms with Crippen molar-refractivity contribution >= 4 is 51.5 Å². The summed E-state index contributed by atoms with van der Waals surface area (Å²) in [5.74, 6) is -0.522. The molecule has 0 fully saturated rings. The number of nitrogens with two attached hydrogens (primary N) is 1. The van der Waals surface area contributed by atoms with E-state index in [1.54, 1.807) is 6.20 Å². The second-order valence-corrected chi connectivity index (χ2v) is 9.18. The van der Waals surface area contributed by atoms with Crippen LogP contribution in [0.2, 0.25) is 5.02 Å². The van der Waals surface area contributed by atoms with Crippen LogP contribution < -0.4 is 11.1 Å². The molecule has 2 aromatic heterocycles. The van der Waals surface area contributed by atoms with E-state index in [0.29, 0.717) is 20.7 Å². The molecule has 0 saturated heterocycles. The lowest BCUT2D eigenvalue weighted by molar-refractivity contribution is -0.113. The molecule has 0 aliphatic heterocycles. The molecule has 0 bridgehead atoms. The van der Waals surface area contributed by atoms with E-state index in [0.717, 1.165) is 41.0 Å². The number of amides is 2. The first-order valence-corrected chi connectivity index (χ1v) is 11.3. The van der Waals surface area contributed by atoms with Gasteiger partial charge in [-0.05, 0) is 49.4 Å². The molecule has 0 unspecified atom stereocenters. The van der Waals surface area contributed by atoms with Gasteiger partial charge < -0.3 is 11.1 Å². The van der Waals surface area contributed by atoms with Gasteiger partial charge in [0.25, 0.3) is 5.91 Å². The van der Waals surface area contributed by atoms with Crippen LogP contribution in [0.4, 0.5) is 5.00 Å². The van der Waals surface area contributed by atoms with Crippen molar-refractivity contribution in [2.24, 2.45) is 5.73 Å². The fourth-order valence-electron chi connectivity index (χ4n) is 3.48. The number of thiophene rings is 1. The number of rotatable bonds is 6. The molecule has 0 atom stereocenters. The molecule has 2 heterocycles. The van der Waals surface area contributed by atoms with E-state index in [4.69, 9.17) is 17.3 Å². The number of thioether (sulfide) groups is 1. The van der Waals surface area contributed by atoms with E-state index in [1.165, 1.54) is 23.1 Å². The fraction of sp³-hybridized carbons (Fsp3) is 0.250. The topological polar surface area (TPSA) is 90.0 Å². The van der Waals surface area contributed by atoms with Gasteiger partial charge in [-0.3, -0.25) is 14.2 Å². The predicted octanol–water partition coefficient (Wildman–Crippen LogP) is 4.21. The average molecular weight is 447 g/mol. The zero-order chi connectivity index (χ0) is 20.5. The quantitative estimate of drug-likeness (QED) is 0.555. The number of benzene rings is 1. The number of aromatic nitrogens is 2. The minimum absolute atomic E-state index is 0.164. The minimum atomic E-state index is -0.487. The van der Waals surface area contributed by atoms with Crippen LogP contribution in [0, 0.1) is 6.92 Å². The maximum Gasteiger partial charge on any atom is 0.251 e. The normalized spacial score (nSPS) is 12.8. The van der Waals surface area contributed by atoms with Gasteiger partial charge in [0.05, 0.1) is 17.0 Å². The van der Waals surface area contributed by atoms with Crippen molar-refractivity contribution < 1.29 is 9.59 Å². The Balaban J connectivity index is 1.48. The van der Waals surface area contributed by atoms with Gasteiger partial charge in [0.2, 0.25) is 5.91 Å². The number of hydrogen-bond donors (Lipinski definition) is 2. The predicted molar refractivity (Wildman–Crippen MR) is 118 cm³/mol. The number of carbonyl (C=O) groups is 2. The van der Waals surface area contributed by atoms with Crippen molar-refractivity contribution in [1.82, 2.24) is 9.55 Å². The molecule has 3 N–H and O–H groups in total. The third-order valence-corrected chi connectivity index (χ3v) is 7.44. The van der Waals surface area contributed by atoms with Crippen LogP contribution in [0.25, 0.3) is 5.69 Å². The number of imidazole rings is 1. The van der Waals surface area contributed by atoms with Crippen LogP contribution in [-0.2, 0) is 17.6 Å². The number of nitrogens with zero attached hydrogens (tertiary/aromatic N) is 2. The summed E-state index contributed by atoms with van der Waals surface area (Å²) in [6.45, 7) is 1.94. The second-order valence-electron chi connectivity index (χ2n) is 6.73. The third kappa shape index (κ3) is 3.92. The summed E-state index contributed by atoms with van der Waals surface area (Å²) >= 11 is 9.01.